The summed E-state index contributed by atoms with van der Waals surface area (Å²) in [4.78, 5) is 3.98. The molecule has 6 heteroatoms. The second-order valence-corrected chi connectivity index (χ2v) is 4.39. The number of aromatic nitrogens is 2. The van der Waals surface area contributed by atoms with Crippen molar-refractivity contribution in [2.24, 2.45) is 0 Å². The Morgan fingerprint density at radius 1 is 1.25 bits per heavy atom. The number of rotatable bonds is 7. The van der Waals surface area contributed by atoms with Crippen LogP contribution in [0.5, 0.6) is 11.5 Å². The second kappa shape index (κ2) is 6.91. The zero-order valence-corrected chi connectivity index (χ0v) is 11.9. The minimum absolute atomic E-state index is 0.196. The fraction of sp³-hybridized carbons (Fsp3) is 0.429. The molecule has 0 radical (unpaired) electrons. The standard InChI is InChI=1S/C14H19N3O3/c1-10(15-7-6-14-16-9-20-17-14)11-4-5-12(18-2)13(8-11)19-3/h4-5,8-10,15H,6-7H2,1-3H3. The van der Waals surface area contributed by atoms with Gasteiger partial charge in [0.25, 0.3) is 0 Å². The molecule has 0 aliphatic rings. The minimum Gasteiger partial charge on any atom is -0.493 e. The van der Waals surface area contributed by atoms with Gasteiger partial charge in [-0.2, -0.15) is 4.98 Å². The molecule has 0 saturated carbocycles. The van der Waals surface area contributed by atoms with Gasteiger partial charge in [0.2, 0.25) is 6.39 Å². The summed E-state index contributed by atoms with van der Waals surface area (Å²) in [5, 5.41) is 7.18. The van der Waals surface area contributed by atoms with Crippen molar-refractivity contribution in [3.05, 3.63) is 36.0 Å². The highest BCUT2D eigenvalue weighted by molar-refractivity contribution is 5.43. The van der Waals surface area contributed by atoms with E-state index >= 15 is 0 Å². The Bertz CT molecular complexity index is 528. The lowest BCUT2D eigenvalue weighted by Crippen LogP contribution is -2.21. The number of hydrogen-bond acceptors (Lipinski definition) is 6. The summed E-state index contributed by atoms with van der Waals surface area (Å²) in [7, 11) is 3.26. The lowest BCUT2D eigenvalue weighted by Gasteiger charge is -2.16. The fourth-order valence-corrected chi connectivity index (χ4v) is 1.94. The quantitative estimate of drug-likeness (QED) is 0.834. The third-order valence-corrected chi connectivity index (χ3v) is 3.11. The first-order valence-corrected chi connectivity index (χ1v) is 6.45. The van der Waals surface area contributed by atoms with E-state index < -0.39 is 0 Å². The number of hydrogen-bond donors (Lipinski definition) is 1. The lowest BCUT2D eigenvalue weighted by atomic mass is 10.1. The summed E-state index contributed by atoms with van der Waals surface area (Å²) in [5.41, 5.74) is 1.13. The van der Waals surface area contributed by atoms with E-state index in [2.05, 4.69) is 22.4 Å². The number of nitrogens with one attached hydrogen (secondary N) is 1. The molecule has 1 N–H and O–H groups in total. The molecule has 1 unspecified atom stereocenters. The molecular weight excluding hydrogens is 258 g/mol. The van der Waals surface area contributed by atoms with E-state index in [-0.39, 0.29) is 6.04 Å². The molecule has 0 aliphatic heterocycles. The van der Waals surface area contributed by atoms with E-state index in [9.17, 15) is 0 Å². The number of ether oxygens (including phenoxy) is 2. The molecule has 0 aliphatic carbocycles. The van der Waals surface area contributed by atoms with Crippen LogP contribution in [0.2, 0.25) is 0 Å². The van der Waals surface area contributed by atoms with Crippen LogP contribution in [0.4, 0.5) is 0 Å². The molecule has 0 bridgehead atoms. The molecule has 1 atom stereocenters. The number of benzene rings is 1. The highest BCUT2D eigenvalue weighted by atomic mass is 16.5. The maximum atomic E-state index is 5.31. The van der Waals surface area contributed by atoms with E-state index in [1.165, 1.54) is 6.39 Å². The summed E-state index contributed by atoms with van der Waals surface area (Å²) in [6, 6.07) is 6.10. The van der Waals surface area contributed by atoms with Crippen molar-refractivity contribution < 1.29 is 14.0 Å². The Labute approximate surface area is 118 Å². The van der Waals surface area contributed by atoms with Gasteiger partial charge in [-0.25, -0.2) is 0 Å². The average Bonchev–Trinajstić information content (AvgIpc) is 2.99. The zero-order valence-electron chi connectivity index (χ0n) is 11.9. The number of methoxy groups -OCH3 is 2. The van der Waals surface area contributed by atoms with Gasteiger partial charge in [0.05, 0.1) is 14.2 Å². The average molecular weight is 277 g/mol. The largest absolute Gasteiger partial charge is 0.493 e. The van der Waals surface area contributed by atoms with Gasteiger partial charge in [-0.3, -0.25) is 0 Å². The Morgan fingerprint density at radius 3 is 2.70 bits per heavy atom. The molecule has 0 amide bonds. The van der Waals surface area contributed by atoms with Gasteiger partial charge < -0.3 is 19.3 Å². The van der Waals surface area contributed by atoms with E-state index in [4.69, 9.17) is 14.0 Å². The Hall–Kier alpha value is -2.08. The predicted molar refractivity (Wildman–Crippen MR) is 74.0 cm³/mol. The number of nitrogens with zero attached hydrogens (tertiary/aromatic N) is 2. The molecule has 6 nitrogen and oxygen atoms in total. The van der Waals surface area contributed by atoms with Crippen molar-refractivity contribution in [3.63, 3.8) is 0 Å². The second-order valence-electron chi connectivity index (χ2n) is 4.39. The highest BCUT2D eigenvalue weighted by Crippen LogP contribution is 2.29. The molecule has 0 fully saturated rings. The molecular formula is C14H19N3O3. The molecule has 1 aromatic carbocycles. The molecule has 0 spiro atoms. The van der Waals surface area contributed by atoms with Crippen LogP contribution < -0.4 is 14.8 Å². The third-order valence-electron chi connectivity index (χ3n) is 3.11. The fourth-order valence-electron chi connectivity index (χ4n) is 1.94. The lowest BCUT2D eigenvalue weighted by molar-refractivity contribution is 0.354. The predicted octanol–water partition coefficient (Wildman–Crippen LogP) is 1.98. The molecule has 20 heavy (non-hydrogen) atoms. The van der Waals surface area contributed by atoms with Crippen molar-refractivity contribution in [1.82, 2.24) is 15.5 Å². The van der Waals surface area contributed by atoms with E-state index in [1.54, 1.807) is 14.2 Å². The first kappa shape index (κ1) is 14.3. The molecule has 1 heterocycles. The van der Waals surface area contributed by atoms with Crippen LogP contribution in [0.15, 0.2) is 29.1 Å². The maximum Gasteiger partial charge on any atom is 0.213 e. The Balaban J connectivity index is 1.93. The Morgan fingerprint density at radius 2 is 2.05 bits per heavy atom. The molecule has 0 saturated heterocycles. The van der Waals surface area contributed by atoms with Gasteiger partial charge in [-0.15, -0.1) is 0 Å². The van der Waals surface area contributed by atoms with Crippen LogP contribution in [0.3, 0.4) is 0 Å². The Kier molecular flexibility index (Phi) is 4.95. The maximum absolute atomic E-state index is 5.31. The first-order chi connectivity index (χ1) is 9.74. The van der Waals surface area contributed by atoms with Crippen LogP contribution >= 0.6 is 0 Å². The third kappa shape index (κ3) is 3.48. The van der Waals surface area contributed by atoms with Crippen molar-refractivity contribution >= 4 is 0 Å². The summed E-state index contributed by atoms with van der Waals surface area (Å²) in [5.74, 6) is 2.17. The summed E-state index contributed by atoms with van der Waals surface area (Å²) in [6.45, 7) is 2.87. The van der Waals surface area contributed by atoms with Crippen LogP contribution in [0.1, 0.15) is 24.4 Å². The zero-order chi connectivity index (χ0) is 14.4. The van der Waals surface area contributed by atoms with Crippen LogP contribution in [-0.2, 0) is 6.42 Å². The van der Waals surface area contributed by atoms with E-state index in [0.717, 1.165) is 30.0 Å². The van der Waals surface area contributed by atoms with Crippen molar-refractivity contribution in [2.75, 3.05) is 20.8 Å². The van der Waals surface area contributed by atoms with Crippen LogP contribution in [0, 0.1) is 0 Å². The molecule has 1 aromatic heterocycles. The smallest absolute Gasteiger partial charge is 0.213 e. The topological polar surface area (TPSA) is 69.4 Å². The van der Waals surface area contributed by atoms with Gasteiger partial charge in [0.1, 0.15) is 0 Å². The normalized spacial score (nSPS) is 12.2. The van der Waals surface area contributed by atoms with Gasteiger partial charge >= 0.3 is 0 Å². The van der Waals surface area contributed by atoms with Crippen LogP contribution in [-0.4, -0.2) is 30.9 Å². The summed E-state index contributed by atoms with van der Waals surface area (Å²) >= 11 is 0. The van der Waals surface area contributed by atoms with Gasteiger partial charge in [0, 0.05) is 19.0 Å². The SMILES string of the molecule is COc1ccc(C(C)NCCc2ncon2)cc1OC. The van der Waals surface area contributed by atoms with Crippen molar-refractivity contribution in [1.29, 1.82) is 0 Å². The molecule has 2 aromatic rings. The molecule has 108 valence electrons. The monoisotopic (exact) mass is 277 g/mol. The van der Waals surface area contributed by atoms with Crippen LogP contribution in [0.25, 0.3) is 0 Å². The van der Waals surface area contributed by atoms with E-state index in [0.29, 0.717) is 5.82 Å². The molecule has 2 rings (SSSR count). The minimum atomic E-state index is 0.196. The van der Waals surface area contributed by atoms with Gasteiger partial charge in [0.15, 0.2) is 17.3 Å². The first-order valence-electron chi connectivity index (χ1n) is 6.45. The van der Waals surface area contributed by atoms with Gasteiger partial charge in [-0.05, 0) is 24.6 Å². The van der Waals surface area contributed by atoms with E-state index in [1.807, 2.05) is 18.2 Å². The summed E-state index contributed by atoms with van der Waals surface area (Å²) in [6.07, 6.45) is 2.07. The summed E-state index contributed by atoms with van der Waals surface area (Å²) < 4.78 is 15.2. The van der Waals surface area contributed by atoms with Gasteiger partial charge in [-0.1, -0.05) is 11.2 Å². The van der Waals surface area contributed by atoms with Crippen molar-refractivity contribution in [2.45, 2.75) is 19.4 Å². The highest BCUT2D eigenvalue weighted by Gasteiger charge is 2.10. The van der Waals surface area contributed by atoms with Crippen molar-refractivity contribution in [3.8, 4) is 11.5 Å².